The minimum Gasteiger partial charge on any atom is -0.454 e. The van der Waals surface area contributed by atoms with Gasteiger partial charge in [-0.15, -0.1) is 0 Å². The number of aromatic nitrogens is 1. The molecule has 0 radical (unpaired) electrons. The zero-order valence-corrected chi connectivity index (χ0v) is 35.4. The molecule has 2 aromatic heterocycles. The van der Waals surface area contributed by atoms with Gasteiger partial charge in [-0.05, 0) is 110 Å². The second kappa shape index (κ2) is 15.0. The quantitative estimate of drug-likeness (QED) is 0.160. The molecule has 0 amide bonds. The maximum Gasteiger partial charge on any atom is 0.160 e. The minimum absolute atomic E-state index is 0.874. The Morgan fingerprint density at radius 1 is 0.323 bits per heavy atom. The number of fused-ring (bicyclic) bond motifs is 9. The lowest BCUT2D eigenvalue weighted by molar-refractivity contribution is 0.669. The second-order valence-electron chi connectivity index (χ2n) is 16.9. The molecule has 13 aromatic rings. The number of rotatable bonds is 7. The highest BCUT2D eigenvalue weighted by molar-refractivity contribution is 6.23. The van der Waals surface area contributed by atoms with Crippen LogP contribution >= 0.6 is 0 Å². The summed E-state index contributed by atoms with van der Waals surface area (Å²) in [6.07, 6.45) is 0. The van der Waals surface area contributed by atoms with Crippen LogP contribution in [0.4, 0.5) is 17.1 Å². The van der Waals surface area contributed by atoms with Gasteiger partial charge in [0.2, 0.25) is 0 Å². The summed E-state index contributed by atoms with van der Waals surface area (Å²) in [5, 5.41) is 9.49. The molecule has 0 atom stereocenters. The standard InChI is InChI=1S/C62H40N2O/c1-2-16-49(17-3-1)63-57-22-10-8-20-53(57)55-39-47(35-38-58(55)63)45-31-29-42(30-32-45)41-25-27-43(28-26-41)44-33-36-50(37-34-44)64(56-23-12-15-46-13-4-6-18-51(46)56)59-40-48-14-5-7-19-52(48)61-54-21-9-11-24-60(54)65-62(59)61/h1-40H. The van der Waals surface area contributed by atoms with E-state index < -0.39 is 0 Å². The van der Waals surface area contributed by atoms with Crippen molar-refractivity contribution in [2.24, 2.45) is 0 Å². The molecule has 0 saturated heterocycles. The molecule has 3 nitrogen and oxygen atoms in total. The monoisotopic (exact) mass is 828 g/mol. The van der Waals surface area contributed by atoms with E-state index in [1.54, 1.807) is 0 Å². The molecule has 0 saturated carbocycles. The highest BCUT2D eigenvalue weighted by Gasteiger charge is 2.23. The van der Waals surface area contributed by atoms with Gasteiger partial charge in [-0.3, -0.25) is 0 Å². The van der Waals surface area contributed by atoms with E-state index in [4.69, 9.17) is 4.42 Å². The first-order valence-electron chi connectivity index (χ1n) is 22.2. The van der Waals surface area contributed by atoms with Crippen LogP contribution in [0.25, 0.3) is 104 Å². The molecule has 0 spiro atoms. The van der Waals surface area contributed by atoms with Crippen LogP contribution in [0.2, 0.25) is 0 Å². The first kappa shape index (κ1) is 36.9. The summed E-state index contributed by atoms with van der Waals surface area (Å²) in [6.45, 7) is 0. The molecule has 2 heterocycles. The van der Waals surface area contributed by atoms with E-state index in [0.29, 0.717) is 0 Å². The molecule has 13 rings (SSSR count). The van der Waals surface area contributed by atoms with Crippen molar-refractivity contribution in [2.75, 3.05) is 4.90 Å². The molecule has 0 bridgehead atoms. The fourth-order valence-electron chi connectivity index (χ4n) is 10.1. The summed E-state index contributed by atoms with van der Waals surface area (Å²) < 4.78 is 9.16. The number of nitrogens with zero attached hydrogens (tertiary/aromatic N) is 2. The maximum absolute atomic E-state index is 6.80. The van der Waals surface area contributed by atoms with Crippen LogP contribution in [0.3, 0.4) is 0 Å². The number of para-hydroxylation sites is 3. The van der Waals surface area contributed by atoms with E-state index in [1.165, 1.54) is 76.9 Å². The smallest absolute Gasteiger partial charge is 0.160 e. The van der Waals surface area contributed by atoms with Gasteiger partial charge in [-0.1, -0.05) is 182 Å². The number of hydrogen-bond donors (Lipinski definition) is 0. The Morgan fingerprint density at radius 2 is 0.846 bits per heavy atom. The molecule has 11 aromatic carbocycles. The topological polar surface area (TPSA) is 21.3 Å². The number of hydrogen-bond acceptors (Lipinski definition) is 2. The molecule has 3 heteroatoms. The molecule has 0 aliphatic rings. The third-order valence-electron chi connectivity index (χ3n) is 13.2. The average Bonchev–Trinajstić information content (AvgIpc) is 3.94. The molecular formula is C62H40N2O. The first-order chi connectivity index (χ1) is 32.2. The van der Waals surface area contributed by atoms with E-state index >= 15 is 0 Å². The van der Waals surface area contributed by atoms with Gasteiger partial charge in [0.1, 0.15) is 5.58 Å². The molecule has 0 aliphatic carbocycles. The Labute approximate surface area is 376 Å². The fraction of sp³-hybridized carbons (Fsp3) is 0. The van der Waals surface area contributed by atoms with Gasteiger partial charge in [0.05, 0.1) is 22.4 Å². The molecule has 304 valence electrons. The number of benzene rings is 11. The summed E-state index contributed by atoms with van der Waals surface area (Å²) in [4.78, 5) is 2.37. The normalized spacial score (nSPS) is 11.7. The van der Waals surface area contributed by atoms with Crippen molar-refractivity contribution in [1.29, 1.82) is 0 Å². The van der Waals surface area contributed by atoms with Crippen molar-refractivity contribution in [1.82, 2.24) is 4.57 Å². The third kappa shape index (κ3) is 6.12. The zero-order valence-electron chi connectivity index (χ0n) is 35.4. The predicted octanol–water partition coefficient (Wildman–Crippen LogP) is 17.5. The summed E-state index contributed by atoms with van der Waals surface area (Å²) in [7, 11) is 0. The highest BCUT2D eigenvalue weighted by atomic mass is 16.3. The molecule has 0 unspecified atom stereocenters. The molecule has 0 fully saturated rings. The van der Waals surface area contributed by atoms with Crippen molar-refractivity contribution >= 4 is 82.4 Å². The first-order valence-corrected chi connectivity index (χ1v) is 22.2. The lowest BCUT2D eigenvalue weighted by atomic mass is 9.97. The number of anilines is 3. The minimum atomic E-state index is 0.874. The van der Waals surface area contributed by atoms with Crippen molar-refractivity contribution in [3.63, 3.8) is 0 Å². The Kier molecular flexibility index (Phi) is 8.53. The lowest BCUT2D eigenvalue weighted by Crippen LogP contribution is -2.11. The third-order valence-corrected chi connectivity index (χ3v) is 13.2. The van der Waals surface area contributed by atoms with Crippen LogP contribution in [0.1, 0.15) is 0 Å². The molecule has 0 aliphatic heterocycles. The SMILES string of the molecule is c1ccc(-n2c3ccccc3c3cc(-c4ccc(-c5ccc(-c6ccc(N(c7cccc8ccccc78)c7cc8ccccc8c8c7oc7ccccc78)cc6)cc5)cc4)ccc32)cc1. The Morgan fingerprint density at radius 3 is 1.57 bits per heavy atom. The van der Waals surface area contributed by atoms with E-state index in [0.717, 1.165) is 44.6 Å². The van der Waals surface area contributed by atoms with Crippen LogP contribution < -0.4 is 4.90 Å². The molecule has 65 heavy (non-hydrogen) atoms. The van der Waals surface area contributed by atoms with E-state index in [1.807, 2.05) is 6.07 Å². The predicted molar refractivity (Wildman–Crippen MR) is 274 cm³/mol. The summed E-state index contributed by atoms with van der Waals surface area (Å²) >= 11 is 0. The van der Waals surface area contributed by atoms with E-state index in [2.05, 4.69) is 246 Å². The van der Waals surface area contributed by atoms with Gasteiger partial charge in [0, 0.05) is 38.3 Å². The molecular weight excluding hydrogens is 789 g/mol. The van der Waals surface area contributed by atoms with Gasteiger partial charge >= 0.3 is 0 Å². The Hall–Kier alpha value is -8.66. The number of furan rings is 1. The van der Waals surface area contributed by atoms with Crippen LogP contribution in [0.5, 0.6) is 0 Å². The maximum atomic E-state index is 6.80. The second-order valence-corrected chi connectivity index (χ2v) is 16.9. The van der Waals surface area contributed by atoms with Crippen molar-refractivity contribution in [3.05, 3.63) is 243 Å². The highest BCUT2D eigenvalue weighted by Crippen LogP contribution is 2.47. The van der Waals surface area contributed by atoms with Crippen LogP contribution in [-0.2, 0) is 0 Å². The Balaban J connectivity index is 0.835. The van der Waals surface area contributed by atoms with Crippen molar-refractivity contribution in [2.45, 2.75) is 0 Å². The summed E-state index contributed by atoms with van der Waals surface area (Å²) in [5.74, 6) is 0. The fourth-order valence-corrected chi connectivity index (χ4v) is 10.1. The van der Waals surface area contributed by atoms with Gasteiger partial charge in [0.15, 0.2) is 5.58 Å². The Bertz CT molecular complexity index is 3910. The zero-order chi connectivity index (χ0) is 42.8. The van der Waals surface area contributed by atoms with Gasteiger partial charge < -0.3 is 13.9 Å². The van der Waals surface area contributed by atoms with Crippen LogP contribution in [0, 0.1) is 0 Å². The van der Waals surface area contributed by atoms with Crippen LogP contribution in [-0.4, -0.2) is 4.57 Å². The lowest BCUT2D eigenvalue weighted by Gasteiger charge is -2.27. The van der Waals surface area contributed by atoms with E-state index in [9.17, 15) is 0 Å². The van der Waals surface area contributed by atoms with Crippen LogP contribution in [0.15, 0.2) is 247 Å². The van der Waals surface area contributed by atoms with Gasteiger partial charge in [0.25, 0.3) is 0 Å². The van der Waals surface area contributed by atoms with Crippen molar-refractivity contribution in [3.8, 4) is 39.1 Å². The van der Waals surface area contributed by atoms with Gasteiger partial charge in [-0.2, -0.15) is 0 Å². The summed E-state index contributed by atoms with van der Waals surface area (Å²) in [6, 6.07) is 87.5. The van der Waals surface area contributed by atoms with Gasteiger partial charge in [-0.25, -0.2) is 0 Å². The van der Waals surface area contributed by atoms with Crippen molar-refractivity contribution < 1.29 is 4.42 Å². The van der Waals surface area contributed by atoms with E-state index in [-0.39, 0.29) is 0 Å². The summed E-state index contributed by atoms with van der Waals surface area (Å²) in [5.41, 5.74) is 15.6. The average molecular weight is 829 g/mol. The largest absolute Gasteiger partial charge is 0.454 e. The molecule has 0 N–H and O–H groups in total.